The molecule has 0 saturated heterocycles. The molecular formula is C10H13FS. The van der Waals surface area contributed by atoms with Crippen LogP contribution in [0.3, 0.4) is 0 Å². The van der Waals surface area contributed by atoms with E-state index >= 15 is 0 Å². The van der Waals surface area contributed by atoms with Crippen molar-refractivity contribution in [1.82, 2.24) is 0 Å². The number of hydrogen-bond donors (Lipinski definition) is 0. The van der Waals surface area contributed by atoms with Crippen LogP contribution in [-0.4, -0.2) is 0 Å². The largest absolute Gasteiger partial charge is 0.238 e. The number of alkyl halides is 1. The first-order valence-corrected chi connectivity index (χ1v) is 5.20. The number of hydrogen-bond acceptors (Lipinski definition) is 1. The maximum absolute atomic E-state index is 13.9. The molecule has 1 atom stereocenters. The summed E-state index contributed by atoms with van der Waals surface area (Å²) in [7, 11) is 0. The van der Waals surface area contributed by atoms with E-state index in [-0.39, 0.29) is 0 Å². The highest BCUT2D eigenvalue weighted by Gasteiger charge is 2.33. The number of rotatable bonds is 0. The number of thiophene rings is 1. The Bertz CT molecular complexity index is 299. The molecule has 0 saturated carbocycles. The van der Waals surface area contributed by atoms with Gasteiger partial charge in [0.1, 0.15) is 5.67 Å². The van der Waals surface area contributed by atoms with Crippen molar-refractivity contribution < 1.29 is 4.39 Å². The number of fused-ring (bicyclic) bond motifs is 1. The summed E-state index contributed by atoms with van der Waals surface area (Å²) in [4.78, 5) is 2.22. The van der Waals surface area contributed by atoms with Crippen LogP contribution in [0.15, 0.2) is 6.07 Å². The highest BCUT2D eigenvalue weighted by atomic mass is 32.1. The normalized spacial score (nSPS) is 28.6. The first kappa shape index (κ1) is 8.24. The lowest BCUT2D eigenvalue weighted by molar-refractivity contribution is 0.167. The molecular weight excluding hydrogens is 171 g/mol. The molecule has 1 aromatic rings. The Hall–Kier alpha value is -0.370. The summed E-state index contributed by atoms with van der Waals surface area (Å²) < 4.78 is 13.9. The number of aryl methyl sites for hydroxylation is 2. The van der Waals surface area contributed by atoms with E-state index in [0.717, 1.165) is 17.7 Å². The SMILES string of the molecule is Cc1cc2c(s1)C(C)(F)CCC2. The molecule has 0 spiro atoms. The Morgan fingerprint density at radius 1 is 1.58 bits per heavy atom. The van der Waals surface area contributed by atoms with Gasteiger partial charge in [0.05, 0.1) is 0 Å². The fourth-order valence-corrected chi connectivity index (χ4v) is 3.05. The maximum Gasteiger partial charge on any atom is 0.142 e. The van der Waals surface area contributed by atoms with E-state index in [4.69, 9.17) is 0 Å². The van der Waals surface area contributed by atoms with Gasteiger partial charge in [-0.3, -0.25) is 0 Å². The van der Waals surface area contributed by atoms with Crippen molar-refractivity contribution in [2.75, 3.05) is 0 Å². The average molecular weight is 184 g/mol. The molecule has 1 aromatic heterocycles. The predicted octanol–water partition coefficient (Wildman–Crippen LogP) is 3.58. The summed E-state index contributed by atoms with van der Waals surface area (Å²) >= 11 is 1.62. The molecule has 0 radical (unpaired) electrons. The van der Waals surface area contributed by atoms with Crippen molar-refractivity contribution in [2.45, 2.75) is 38.8 Å². The van der Waals surface area contributed by atoms with Crippen LogP contribution in [0.4, 0.5) is 4.39 Å². The Morgan fingerprint density at radius 3 is 3.00 bits per heavy atom. The molecule has 0 aromatic carbocycles. The molecule has 0 bridgehead atoms. The summed E-state index contributed by atoms with van der Waals surface area (Å²) in [5.41, 5.74) is 0.195. The summed E-state index contributed by atoms with van der Waals surface area (Å²) in [6.45, 7) is 3.76. The maximum atomic E-state index is 13.9. The van der Waals surface area contributed by atoms with Crippen molar-refractivity contribution in [2.24, 2.45) is 0 Å². The van der Waals surface area contributed by atoms with Crippen molar-refractivity contribution in [1.29, 1.82) is 0 Å². The van der Waals surface area contributed by atoms with E-state index in [1.807, 2.05) is 0 Å². The van der Waals surface area contributed by atoms with Crippen molar-refractivity contribution in [3.05, 3.63) is 21.4 Å². The van der Waals surface area contributed by atoms with Crippen LogP contribution in [0, 0.1) is 6.92 Å². The minimum absolute atomic E-state index is 0.694. The minimum Gasteiger partial charge on any atom is -0.238 e. The second-order valence-corrected chi connectivity index (χ2v) is 5.02. The summed E-state index contributed by atoms with van der Waals surface area (Å²) in [5, 5.41) is 0. The summed E-state index contributed by atoms with van der Waals surface area (Å²) in [6, 6.07) is 2.14. The van der Waals surface area contributed by atoms with Crippen molar-refractivity contribution in [3.63, 3.8) is 0 Å². The fourth-order valence-electron chi connectivity index (χ4n) is 1.92. The van der Waals surface area contributed by atoms with Crippen LogP contribution in [0.25, 0.3) is 0 Å². The van der Waals surface area contributed by atoms with E-state index in [2.05, 4.69) is 13.0 Å². The van der Waals surface area contributed by atoms with Gasteiger partial charge in [0.2, 0.25) is 0 Å². The zero-order valence-electron chi connectivity index (χ0n) is 7.48. The highest BCUT2D eigenvalue weighted by Crippen LogP contribution is 2.42. The minimum atomic E-state index is -1.05. The smallest absolute Gasteiger partial charge is 0.142 e. The Morgan fingerprint density at radius 2 is 2.33 bits per heavy atom. The summed E-state index contributed by atoms with van der Waals surface area (Å²) in [6.07, 6.45) is 2.76. The van der Waals surface area contributed by atoms with Gasteiger partial charge < -0.3 is 0 Å². The standard InChI is InChI=1S/C10H13FS/c1-7-6-8-4-3-5-10(2,11)9(8)12-7/h6H,3-5H2,1-2H3. The molecule has 0 fully saturated rings. The van der Waals surface area contributed by atoms with Crippen molar-refractivity contribution >= 4 is 11.3 Å². The van der Waals surface area contributed by atoms with Gasteiger partial charge in [0.25, 0.3) is 0 Å². The fraction of sp³-hybridized carbons (Fsp3) is 0.600. The van der Waals surface area contributed by atoms with Gasteiger partial charge in [-0.15, -0.1) is 11.3 Å². The average Bonchev–Trinajstić information content (AvgIpc) is 2.30. The van der Waals surface area contributed by atoms with Gasteiger partial charge in [0, 0.05) is 9.75 Å². The van der Waals surface area contributed by atoms with Crippen LogP contribution in [-0.2, 0) is 12.1 Å². The number of halogens is 1. The van der Waals surface area contributed by atoms with Crippen LogP contribution >= 0.6 is 11.3 Å². The molecule has 0 N–H and O–H groups in total. The van der Waals surface area contributed by atoms with Gasteiger partial charge in [-0.1, -0.05) is 0 Å². The topological polar surface area (TPSA) is 0 Å². The lowest BCUT2D eigenvalue weighted by atomic mass is 9.88. The van der Waals surface area contributed by atoms with E-state index in [9.17, 15) is 4.39 Å². The molecule has 2 rings (SSSR count). The van der Waals surface area contributed by atoms with Crippen molar-refractivity contribution in [3.8, 4) is 0 Å². The molecule has 2 heteroatoms. The van der Waals surface area contributed by atoms with Gasteiger partial charge in [-0.25, -0.2) is 4.39 Å². The first-order chi connectivity index (χ1) is 5.59. The third kappa shape index (κ3) is 1.18. The molecule has 1 aliphatic rings. The Balaban J connectivity index is 2.51. The molecule has 1 aliphatic carbocycles. The lowest BCUT2D eigenvalue weighted by Crippen LogP contribution is -2.19. The van der Waals surface area contributed by atoms with E-state index in [0.29, 0.717) is 6.42 Å². The quantitative estimate of drug-likeness (QED) is 0.578. The van der Waals surface area contributed by atoms with Crippen LogP contribution in [0.1, 0.15) is 35.1 Å². The zero-order valence-corrected chi connectivity index (χ0v) is 8.30. The zero-order chi connectivity index (χ0) is 8.77. The third-order valence-corrected chi connectivity index (χ3v) is 3.83. The van der Waals surface area contributed by atoms with Gasteiger partial charge >= 0.3 is 0 Å². The molecule has 0 aliphatic heterocycles. The Labute approximate surface area is 76.4 Å². The molecule has 1 unspecified atom stereocenters. The molecule has 66 valence electrons. The monoisotopic (exact) mass is 184 g/mol. The second kappa shape index (κ2) is 2.56. The van der Waals surface area contributed by atoms with Crippen LogP contribution < -0.4 is 0 Å². The molecule has 0 nitrogen and oxygen atoms in total. The molecule has 12 heavy (non-hydrogen) atoms. The Kier molecular flexibility index (Phi) is 1.76. The van der Waals surface area contributed by atoms with E-state index in [1.54, 1.807) is 18.3 Å². The van der Waals surface area contributed by atoms with E-state index in [1.165, 1.54) is 10.4 Å². The first-order valence-electron chi connectivity index (χ1n) is 4.38. The van der Waals surface area contributed by atoms with Crippen LogP contribution in [0.2, 0.25) is 0 Å². The third-order valence-electron chi connectivity index (χ3n) is 2.50. The van der Waals surface area contributed by atoms with E-state index < -0.39 is 5.67 Å². The second-order valence-electron chi connectivity index (χ2n) is 3.76. The van der Waals surface area contributed by atoms with Crippen LogP contribution in [0.5, 0.6) is 0 Å². The van der Waals surface area contributed by atoms with Gasteiger partial charge in [-0.2, -0.15) is 0 Å². The van der Waals surface area contributed by atoms with Gasteiger partial charge in [0.15, 0.2) is 0 Å². The lowest BCUT2D eigenvalue weighted by Gasteiger charge is -2.25. The summed E-state index contributed by atoms with van der Waals surface area (Å²) in [5.74, 6) is 0. The van der Waals surface area contributed by atoms with Gasteiger partial charge in [-0.05, 0) is 44.7 Å². The molecule has 0 amide bonds. The molecule has 1 heterocycles. The predicted molar refractivity (Wildman–Crippen MR) is 50.5 cm³/mol. The highest BCUT2D eigenvalue weighted by molar-refractivity contribution is 7.12.